The Bertz CT molecular complexity index is 999. The zero-order chi connectivity index (χ0) is 18.8. The number of hydrogen-bond donors (Lipinski definition) is 0. The van der Waals surface area contributed by atoms with E-state index in [-0.39, 0.29) is 5.82 Å². The Balaban J connectivity index is 1.55. The molecule has 4 nitrogen and oxygen atoms in total. The van der Waals surface area contributed by atoms with E-state index in [1.807, 2.05) is 13.1 Å². The minimum Gasteiger partial charge on any atom is -0.370 e. The summed E-state index contributed by atoms with van der Waals surface area (Å²) in [6, 6.07) is 11.0. The molecule has 0 unspecified atom stereocenters. The summed E-state index contributed by atoms with van der Waals surface area (Å²) in [5, 5.41) is 10.2. The Morgan fingerprint density at radius 3 is 2.67 bits per heavy atom. The first kappa shape index (κ1) is 17.4. The molecule has 27 heavy (non-hydrogen) atoms. The fraction of sp³-hybridized carbons (Fsp3) is 0.318. The lowest BCUT2D eigenvalue weighted by Crippen LogP contribution is -2.35. The van der Waals surface area contributed by atoms with Crippen LogP contribution in [0.1, 0.15) is 29.7 Å². The second-order valence-electron chi connectivity index (χ2n) is 7.24. The molecular weight excluding hydrogens is 339 g/mol. The Morgan fingerprint density at radius 2 is 1.96 bits per heavy atom. The number of halogens is 1. The van der Waals surface area contributed by atoms with Gasteiger partial charge in [-0.15, -0.1) is 0 Å². The average Bonchev–Trinajstić information content (AvgIpc) is 2.69. The van der Waals surface area contributed by atoms with Gasteiger partial charge in [-0.1, -0.05) is 6.07 Å². The zero-order valence-electron chi connectivity index (χ0n) is 15.3. The van der Waals surface area contributed by atoms with Crippen molar-refractivity contribution in [2.45, 2.75) is 26.2 Å². The van der Waals surface area contributed by atoms with E-state index >= 15 is 0 Å². The number of fused-ring (bicyclic) bond motifs is 1. The van der Waals surface area contributed by atoms with Crippen LogP contribution in [0.2, 0.25) is 0 Å². The number of aryl methyl sites for hydroxylation is 1. The highest BCUT2D eigenvalue weighted by Crippen LogP contribution is 2.33. The molecule has 1 saturated heterocycles. The molecule has 2 aromatic heterocycles. The first-order valence-electron chi connectivity index (χ1n) is 9.29. The van der Waals surface area contributed by atoms with Gasteiger partial charge < -0.3 is 4.90 Å². The lowest BCUT2D eigenvalue weighted by molar-refractivity contribution is 0.403. The van der Waals surface area contributed by atoms with Gasteiger partial charge in [0.2, 0.25) is 0 Å². The number of anilines is 1. The molecule has 1 aliphatic rings. The predicted octanol–water partition coefficient (Wildman–Crippen LogP) is 4.41. The molecule has 0 bridgehead atoms. The van der Waals surface area contributed by atoms with Crippen molar-refractivity contribution in [1.82, 2.24) is 9.97 Å². The van der Waals surface area contributed by atoms with Crippen molar-refractivity contribution in [2.24, 2.45) is 5.92 Å². The van der Waals surface area contributed by atoms with Gasteiger partial charge in [0.25, 0.3) is 0 Å². The number of nitriles is 1. The third-order valence-electron chi connectivity index (χ3n) is 5.35. The van der Waals surface area contributed by atoms with Crippen molar-refractivity contribution < 1.29 is 4.39 Å². The Kier molecular flexibility index (Phi) is 4.72. The van der Waals surface area contributed by atoms with Crippen LogP contribution in [0.5, 0.6) is 0 Å². The maximum atomic E-state index is 13.8. The number of nitrogens with zero attached hydrogens (tertiary/aromatic N) is 4. The van der Waals surface area contributed by atoms with Crippen molar-refractivity contribution in [1.29, 1.82) is 5.26 Å². The van der Waals surface area contributed by atoms with E-state index in [4.69, 9.17) is 0 Å². The van der Waals surface area contributed by atoms with Crippen LogP contribution in [0, 0.1) is 30.0 Å². The molecule has 0 atom stereocenters. The second-order valence-corrected chi connectivity index (χ2v) is 7.24. The van der Waals surface area contributed by atoms with Crippen molar-refractivity contribution in [3.8, 4) is 6.07 Å². The third-order valence-corrected chi connectivity index (χ3v) is 5.35. The molecule has 0 saturated carbocycles. The van der Waals surface area contributed by atoms with Gasteiger partial charge in [-0.25, -0.2) is 4.39 Å². The average molecular weight is 360 g/mol. The highest BCUT2D eigenvalue weighted by Gasteiger charge is 2.23. The van der Waals surface area contributed by atoms with E-state index in [1.165, 1.54) is 17.7 Å². The van der Waals surface area contributed by atoms with Crippen LogP contribution < -0.4 is 4.90 Å². The summed E-state index contributed by atoms with van der Waals surface area (Å²) in [7, 11) is 0. The number of piperidine rings is 1. The van der Waals surface area contributed by atoms with Gasteiger partial charge in [-0.3, -0.25) is 9.97 Å². The number of pyridine rings is 2. The molecule has 0 aliphatic carbocycles. The van der Waals surface area contributed by atoms with Crippen LogP contribution in [0.4, 0.5) is 10.1 Å². The lowest BCUT2D eigenvalue weighted by atomic mass is 9.90. The summed E-state index contributed by atoms with van der Waals surface area (Å²) in [6.45, 7) is 3.71. The van der Waals surface area contributed by atoms with E-state index < -0.39 is 0 Å². The fourth-order valence-corrected chi connectivity index (χ4v) is 3.89. The van der Waals surface area contributed by atoms with Crippen molar-refractivity contribution in [3.05, 3.63) is 65.4 Å². The summed E-state index contributed by atoms with van der Waals surface area (Å²) in [6.07, 6.45) is 6.67. The molecule has 136 valence electrons. The normalized spacial score (nSPS) is 15.1. The summed E-state index contributed by atoms with van der Waals surface area (Å²) in [5.74, 6) is 0.295. The first-order chi connectivity index (χ1) is 13.1. The second kappa shape index (κ2) is 7.32. The van der Waals surface area contributed by atoms with Gasteiger partial charge in [0, 0.05) is 36.6 Å². The molecule has 1 aromatic carbocycles. The molecule has 3 aromatic rings. The Hall–Kier alpha value is -3.00. The molecule has 1 fully saturated rings. The molecular formula is C22H21FN4. The van der Waals surface area contributed by atoms with E-state index in [0.717, 1.165) is 54.6 Å². The standard InChI is InChI=1S/C22H21FN4/c1-15-2-3-17(13-25-15)10-16-6-8-27(9-7-16)22-18(12-24)14-26-21-5-4-19(23)11-20(21)22/h2-5,11,13-14,16H,6-10H2,1H3. The summed E-state index contributed by atoms with van der Waals surface area (Å²) in [4.78, 5) is 10.9. The van der Waals surface area contributed by atoms with E-state index in [2.05, 4.69) is 33.1 Å². The molecule has 0 spiro atoms. The van der Waals surface area contributed by atoms with Crippen molar-refractivity contribution in [2.75, 3.05) is 18.0 Å². The predicted molar refractivity (Wildman–Crippen MR) is 104 cm³/mol. The van der Waals surface area contributed by atoms with Crippen LogP contribution >= 0.6 is 0 Å². The monoisotopic (exact) mass is 360 g/mol. The van der Waals surface area contributed by atoms with Gasteiger partial charge >= 0.3 is 0 Å². The minimum atomic E-state index is -0.303. The van der Waals surface area contributed by atoms with Crippen LogP contribution in [0.25, 0.3) is 10.9 Å². The molecule has 0 N–H and O–H groups in total. The van der Waals surface area contributed by atoms with Gasteiger partial charge in [0.15, 0.2) is 0 Å². The Morgan fingerprint density at radius 1 is 1.15 bits per heavy atom. The third kappa shape index (κ3) is 3.61. The maximum Gasteiger partial charge on any atom is 0.124 e. The van der Waals surface area contributed by atoms with Crippen molar-refractivity contribution >= 4 is 16.6 Å². The van der Waals surface area contributed by atoms with E-state index in [9.17, 15) is 9.65 Å². The number of hydrogen-bond acceptors (Lipinski definition) is 4. The summed E-state index contributed by atoms with van der Waals surface area (Å²) >= 11 is 0. The number of rotatable bonds is 3. The molecule has 1 aliphatic heterocycles. The van der Waals surface area contributed by atoms with Crippen LogP contribution in [0.3, 0.4) is 0 Å². The largest absolute Gasteiger partial charge is 0.370 e. The quantitative estimate of drug-likeness (QED) is 0.694. The van der Waals surface area contributed by atoms with Crippen LogP contribution in [-0.4, -0.2) is 23.1 Å². The molecule has 0 radical (unpaired) electrons. The van der Waals surface area contributed by atoms with Gasteiger partial charge in [0.05, 0.1) is 16.8 Å². The number of aromatic nitrogens is 2. The van der Waals surface area contributed by atoms with Gasteiger partial charge in [0.1, 0.15) is 11.9 Å². The van der Waals surface area contributed by atoms with E-state index in [1.54, 1.807) is 12.3 Å². The molecule has 0 amide bonds. The summed E-state index contributed by atoms with van der Waals surface area (Å²) < 4.78 is 13.8. The van der Waals surface area contributed by atoms with Crippen LogP contribution in [0.15, 0.2) is 42.7 Å². The molecule has 5 heteroatoms. The van der Waals surface area contributed by atoms with Crippen LogP contribution in [-0.2, 0) is 6.42 Å². The van der Waals surface area contributed by atoms with Gasteiger partial charge in [-0.2, -0.15) is 5.26 Å². The smallest absolute Gasteiger partial charge is 0.124 e. The van der Waals surface area contributed by atoms with Crippen molar-refractivity contribution in [3.63, 3.8) is 0 Å². The molecule has 4 rings (SSSR count). The highest BCUT2D eigenvalue weighted by molar-refractivity contribution is 5.94. The first-order valence-corrected chi connectivity index (χ1v) is 9.29. The SMILES string of the molecule is Cc1ccc(CC2CCN(c3c(C#N)cnc4ccc(F)cc34)CC2)cn1. The minimum absolute atomic E-state index is 0.303. The Labute approximate surface area is 158 Å². The highest BCUT2D eigenvalue weighted by atomic mass is 19.1. The fourth-order valence-electron chi connectivity index (χ4n) is 3.89. The molecule has 3 heterocycles. The lowest BCUT2D eigenvalue weighted by Gasteiger charge is -2.34. The maximum absolute atomic E-state index is 13.8. The topological polar surface area (TPSA) is 52.8 Å². The van der Waals surface area contributed by atoms with E-state index in [0.29, 0.717) is 11.5 Å². The summed E-state index contributed by atoms with van der Waals surface area (Å²) in [5.41, 5.74) is 4.35. The number of benzene rings is 1. The zero-order valence-corrected chi connectivity index (χ0v) is 15.3. The van der Waals surface area contributed by atoms with Gasteiger partial charge in [-0.05, 0) is 61.9 Å².